The number of pyridine rings is 4. The van der Waals surface area contributed by atoms with Crippen LogP contribution in [0.4, 0.5) is 29.2 Å². The van der Waals surface area contributed by atoms with E-state index in [1.165, 1.54) is 24.3 Å². The van der Waals surface area contributed by atoms with Gasteiger partial charge >= 0.3 is 13.2 Å². The molecule has 8 heterocycles. The number of aromatic amines is 2. The van der Waals surface area contributed by atoms with Crippen LogP contribution in [0.3, 0.4) is 0 Å². The first-order valence-corrected chi connectivity index (χ1v) is 19.7. The van der Waals surface area contributed by atoms with E-state index >= 15 is 0 Å². The minimum absolute atomic E-state index is 0.0792. The summed E-state index contributed by atoms with van der Waals surface area (Å²) in [5.41, 5.74) is 5.67. The van der Waals surface area contributed by atoms with Crippen molar-refractivity contribution in [3.8, 4) is 34.3 Å². The van der Waals surface area contributed by atoms with Gasteiger partial charge in [-0.25, -0.2) is 19.9 Å². The number of nitrogens with one attached hydrogen (secondary N) is 2. The Bertz CT molecular complexity index is 2560. The molecule has 2 aliphatic heterocycles. The SMILES string of the molecule is FC(F)Oc1cccc(-c2nc3nc(N4CCO[C@@H](c5ccccn5)C4)ccc3[nH]2)c1.FC(F)Oc1cccc(-c2nc3nc(N4CCO[C@H](c5ccccn5)C4)ccc3[nH]2)c1. The summed E-state index contributed by atoms with van der Waals surface area (Å²) in [6.07, 6.45) is 3.27. The number of hydrogen-bond donors (Lipinski definition) is 2. The van der Waals surface area contributed by atoms with Gasteiger partial charge in [0.25, 0.3) is 0 Å². The molecule has 2 saturated heterocycles. The number of anilines is 2. The Morgan fingerprint density at radius 1 is 0.548 bits per heavy atom. The molecule has 8 aromatic rings. The van der Waals surface area contributed by atoms with Gasteiger partial charge in [0, 0.05) is 36.6 Å². The van der Waals surface area contributed by atoms with E-state index in [1.807, 2.05) is 60.7 Å². The third-order valence-corrected chi connectivity index (χ3v) is 10.1. The molecule has 2 aromatic carbocycles. The van der Waals surface area contributed by atoms with E-state index < -0.39 is 13.2 Å². The second kappa shape index (κ2) is 18.2. The van der Waals surface area contributed by atoms with Crippen molar-refractivity contribution >= 4 is 34.0 Å². The van der Waals surface area contributed by atoms with Crippen molar-refractivity contribution in [1.82, 2.24) is 39.9 Å². The van der Waals surface area contributed by atoms with Crippen LogP contribution >= 0.6 is 0 Å². The van der Waals surface area contributed by atoms with Gasteiger partial charge in [0.2, 0.25) is 0 Å². The smallest absolute Gasteiger partial charge is 0.387 e. The Morgan fingerprint density at radius 2 is 1.02 bits per heavy atom. The number of H-pyrrole nitrogens is 2. The number of nitrogens with zero attached hydrogens (tertiary/aromatic N) is 8. The lowest BCUT2D eigenvalue weighted by atomic mass is 10.2. The molecular weight excluding hydrogens is 809 g/mol. The van der Waals surface area contributed by atoms with E-state index in [1.54, 1.807) is 36.7 Å². The van der Waals surface area contributed by atoms with Gasteiger partial charge in [0.1, 0.15) is 47.0 Å². The van der Waals surface area contributed by atoms with E-state index in [4.69, 9.17) is 19.4 Å². The summed E-state index contributed by atoms with van der Waals surface area (Å²) in [5, 5.41) is 0. The van der Waals surface area contributed by atoms with Crippen LogP contribution < -0.4 is 19.3 Å². The molecule has 0 unspecified atom stereocenters. The molecule has 0 aliphatic carbocycles. The average Bonchev–Trinajstić information content (AvgIpc) is 3.94. The van der Waals surface area contributed by atoms with Crippen molar-refractivity contribution in [1.29, 1.82) is 0 Å². The number of ether oxygens (including phenoxy) is 4. The number of aromatic nitrogens is 8. The highest BCUT2D eigenvalue weighted by atomic mass is 19.3. The average molecular weight is 847 g/mol. The monoisotopic (exact) mass is 846 g/mol. The molecule has 2 aliphatic rings. The van der Waals surface area contributed by atoms with Gasteiger partial charge in [-0.15, -0.1) is 0 Å². The number of rotatable bonds is 10. The van der Waals surface area contributed by atoms with E-state index in [0.717, 1.165) is 34.1 Å². The molecule has 10 rings (SSSR count). The highest BCUT2D eigenvalue weighted by Gasteiger charge is 2.26. The van der Waals surface area contributed by atoms with E-state index in [9.17, 15) is 17.6 Å². The molecule has 0 radical (unpaired) electrons. The summed E-state index contributed by atoms with van der Waals surface area (Å²) in [6.45, 7) is -1.90. The number of hydrogen-bond acceptors (Lipinski definition) is 12. The van der Waals surface area contributed by atoms with E-state index in [2.05, 4.69) is 49.2 Å². The first kappa shape index (κ1) is 40.2. The van der Waals surface area contributed by atoms with Gasteiger partial charge in [-0.2, -0.15) is 17.6 Å². The third kappa shape index (κ3) is 9.40. The fourth-order valence-corrected chi connectivity index (χ4v) is 7.24. The molecule has 14 nitrogen and oxygen atoms in total. The predicted molar refractivity (Wildman–Crippen MR) is 222 cm³/mol. The number of benzene rings is 2. The van der Waals surface area contributed by atoms with Gasteiger partial charge in [0.05, 0.1) is 48.7 Å². The maximum Gasteiger partial charge on any atom is 0.387 e. The van der Waals surface area contributed by atoms with Gasteiger partial charge in [0.15, 0.2) is 11.3 Å². The summed E-state index contributed by atoms with van der Waals surface area (Å²) >= 11 is 0. The van der Waals surface area contributed by atoms with Gasteiger partial charge in [-0.05, 0) is 72.8 Å². The Morgan fingerprint density at radius 3 is 1.44 bits per heavy atom. The van der Waals surface area contributed by atoms with Crippen molar-refractivity contribution in [3.63, 3.8) is 0 Å². The summed E-state index contributed by atoms with van der Waals surface area (Å²) in [4.78, 5) is 38.0. The Kier molecular flexibility index (Phi) is 11.8. The molecule has 6 aromatic heterocycles. The highest BCUT2D eigenvalue weighted by Crippen LogP contribution is 2.30. The lowest BCUT2D eigenvalue weighted by molar-refractivity contribution is -0.0505. The van der Waals surface area contributed by atoms with Crippen LogP contribution in [0.5, 0.6) is 11.5 Å². The first-order chi connectivity index (χ1) is 30.3. The minimum Gasteiger partial charge on any atom is -0.435 e. The second-order valence-corrected chi connectivity index (χ2v) is 14.2. The molecule has 18 heteroatoms. The van der Waals surface area contributed by atoms with Crippen LogP contribution in [0.25, 0.3) is 45.1 Å². The first-order valence-electron chi connectivity index (χ1n) is 19.7. The van der Waals surface area contributed by atoms with Crippen LogP contribution in [-0.2, 0) is 9.47 Å². The van der Waals surface area contributed by atoms with Crippen LogP contribution in [-0.4, -0.2) is 92.5 Å². The Hall–Kier alpha value is -7.18. The summed E-state index contributed by atoms with van der Waals surface area (Å²) < 4.78 is 70.8. The van der Waals surface area contributed by atoms with Gasteiger partial charge in [-0.1, -0.05) is 36.4 Å². The summed E-state index contributed by atoms with van der Waals surface area (Å²) in [7, 11) is 0. The predicted octanol–water partition coefficient (Wildman–Crippen LogP) is 8.40. The van der Waals surface area contributed by atoms with Crippen molar-refractivity contribution in [3.05, 3.63) is 133 Å². The zero-order valence-electron chi connectivity index (χ0n) is 32.8. The standard InChI is InChI=1S/2C22H19F2N5O2/c2*23-22(24)31-15-5-3-4-14(12-15)20-26-17-7-8-19(27-21(17)28-20)29-10-11-30-18(13-29)16-6-1-2-9-25-16/h2*1-9,12,18,22H,10-11,13H2,(H,26,27,28)/t2*18-/m10/s1. The second-order valence-electron chi connectivity index (χ2n) is 14.2. The zero-order chi connectivity index (χ0) is 42.4. The van der Waals surface area contributed by atoms with Crippen LogP contribution in [0.15, 0.2) is 122 Å². The van der Waals surface area contributed by atoms with Crippen molar-refractivity contribution in [2.75, 3.05) is 49.2 Å². The van der Waals surface area contributed by atoms with Crippen LogP contribution in [0, 0.1) is 0 Å². The molecule has 0 amide bonds. The van der Waals surface area contributed by atoms with E-state index in [0.29, 0.717) is 73.5 Å². The Labute approximate surface area is 351 Å². The minimum atomic E-state index is -2.88. The normalized spacial score (nSPS) is 16.7. The van der Waals surface area contributed by atoms with Gasteiger partial charge < -0.3 is 38.7 Å². The van der Waals surface area contributed by atoms with Crippen LogP contribution in [0.1, 0.15) is 23.6 Å². The van der Waals surface area contributed by atoms with Crippen LogP contribution in [0.2, 0.25) is 0 Å². The zero-order valence-corrected chi connectivity index (χ0v) is 32.8. The molecule has 316 valence electrons. The molecular formula is C44H38F4N10O4. The van der Waals surface area contributed by atoms with E-state index in [-0.39, 0.29) is 23.7 Å². The lowest BCUT2D eigenvalue weighted by Crippen LogP contribution is -2.39. The van der Waals surface area contributed by atoms with Gasteiger partial charge in [-0.3, -0.25) is 9.97 Å². The molecule has 0 spiro atoms. The quantitative estimate of drug-likeness (QED) is 0.127. The number of imidazole rings is 2. The lowest BCUT2D eigenvalue weighted by Gasteiger charge is -2.33. The number of morpholine rings is 2. The molecule has 2 N–H and O–H groups in total. The molecule has 2 atom stereocenters. The number of fused-ring (bicyclic) bond motifs is 2. The number of alkyl halides is 4. The van der Waals surface area contributed by atoms with Crippen molar-refractivity contribution in [2.24, 2.45) is 0 Å². The molecule has 0 bridgehead atoms. The largest absolute Gasteiger partial charge is 0.435 e. The summed E-state index contributed by atoms with van der Waals surface area (Å²) in [6, 6.07) is 32.1. The number of halogens is 4. The van der Waals surface area contributed by atoms with Crippen molar-refractivity contribution < 1.29 is 36.5 Å². The third-order valence-electron chi connectivity index (χ3n) is 10.1. The molecule has 62 heavy (non-hydrogen) atoms. The topological polar surface area (TPSA) is 152 Å². The molecule has 0 saturated carbocycles. The highest BCUT2D eigenvalue weighted by molar-refractivity contribution is 5.79. The van der Waals surface area contributed by atoms with Crippen molar-refractivity contribution in [2.45, 2.75) is 25.4 Å². The maximum absolute atomic E-state index is 12.5. The summed E-state index contributed by atoms with van der Waals surface area (Å²) in [5.74, 6) is 2.82. The fraction of sp³-hybridized carbons (Fsp3) is 0.227. The maximum atomic E-state index is 12.5. The fourth-order valence-electron chi connectivity index (χ4n) is 7.24. The Balaban J connectivity index is 0.000000158. The molecule has 2 fully saturated rings.